The van der Waals surface area contributed by atoms with Crippen LogP contribution in [0.25, 0.3) is 6.08 Å². The molecule has 190 valence electrons. The van der Waals surface area contributed by atoms with Crippen molar-refractivity contribution in [2.45, 2.75) is 6.61 Å². The van der Waals surface area contributed by atoms with E-state index in [4.69, 9.17) is 25.8 Å². The highest BCUT2D eigenvalue weighted by Gasteiger charge is 2.35. The van der Waals surface area contributed by atoms with Crippen molar-refractivity contribution in [3.05, 3.63) is 97.9 Å². The summed E-state index contributed by atoms with van der Waals surface area (Å²) in [6.07, 6.45) is 1.31. The Hall–Kier alpha value is -4.02. The van der Waals surface area contributed by atoms with Crippen LogP contribution in [-0.4, -0.2) is 41.2 Å². The largest absolute Gasteiger partial charge is 0.493 e. The summed E-state index contributed by atoms with van der Waals surface area (Å²) in [5, 5.41) is 11.7. The Morgan fingerprint density at radius 2 is 1.73 bits per heavy atom. The molecule has 0 aliphatic carbocycles. The van der Waals surface area contributed by atoms with Crippen LogP contribution >= 0.6 is 23.4 Å². The number of thioether (sulfide) groups is 1. The van der Waals surface area contributed by atoms with Crippen molar-refractivity contribution in [2.24, 2.45) is 0 Å². The predicted octanol–water partition coefficient (Wildman–Crippen LogP) is 5.95. The zero-order chi connectivity index (χ0) is 26.4. The van der Waals surface area contributed by atoms with Gasteiger partial charge in [0.05, 0.1) is 40.1 Å². The van der Waals surface area contributed by atoms with Crippen LogP contribution in [0.15, 0.2) is 71.6 Å². The van der Waals surface area contributed by atoms with Gasteiger partial charge in [-0.25, -0.2) is 0 Å². The first kappa shape index (κ1) is 26.1. The van der Waals surface area contributed by atoms with Gasteiger partial charge in [0.2, 0.25) is 0 Å². The second-order valence-corrected chi connectivity index (χ2v) is 9.11. The van der Waals surface area contributed by atoms with Gasteiger partial charge in [0.25, 0.3) is 16.8 Å². The lowest BCUT2D eigenvalue weighted by atomic mass is 10.1. The summed E-state index contributed by atoms with van der Waals surface area (Å²) in [4.78, 5) is 37.7. The van der Waals surface area contributed by atoms with Crippen molar-refractivity contribution < 1.29 is 28.7 Å². The SMILES string of the molecule is COc1cc(/C=C2\SC(=O)N(CCOc3ccccc3Cl)C2=O)c([N+](=O)[O-])cc1OCc1ccccc1. The molecule has 3 aromatic carbocycles. The van der Waals surface area contributed by atoms with E-state index < -0.39 is 16.1 Å². The highest BCUT2D eigenvalue weighted by Crippen LogP contribution is 2.39. The zero-order valence-electron chi connectivity index (χ0n) is 19.6. The van der Waals surface area contributed by atoms with E-state index in [-0.39, 0.29) is 47.4 Å². The van der Waals surface area contributed by atoms with Gasteiger partial charge in [-0.1, -0.05) is 54.1 Å². The van der Waals surface area contributed by atoms with Crippen LogP contribution < -0.4 is 14.2 Å². The van der Waals surface area contributed by atoms with Crippen LogP contribution in [0.5, 0.6) is 17.2 Å². The summed E-state index contributed by atoms with van der Waals surface area (Å²) >= 11 is 6.75. The maximum absolute atomic E-state index is 12.9. The molecule has 3 aromatic rings. The molecule has 9 nitrogen and oxygen atoms in total. The molecule has 0 spiro atoms. The number of amides is 2. The molecule has 0 unspecified atom stereocenters. The van der Waals surface area contributed by atoms with E-state index in [2.05, 4.69) is 0 Å². The number of nitro benzene ring substituents is 1. The molecule has 0 atom stereocenters. The highest BCUT2D eigenvalue weighted by atomic mass is 35.5. The van der Waals surface area contributed by atoms with E-state index in [9.17, 15) is 19.7 Å². The van der Waals surface area contributed by atoms with E-state index in [1.807, 2.05) is 30.3 Å². The Kier molecular flexibility index (Phi) is 8.32. The van der Waals surface area contributed by atoms with Crippen molar-refractivity contribution >= 4 is 46.3 Å². The number of ether oxygens (including phenoxy) is 3. The minimum atomic E-state index is -0.581. The lowest BCUT2D eigenvalue weighted by Gasteiger charge is -2.14. The number of nitro groups is 1. The average molecular weight is 541 g/mol. The molecule has 37 heavy (non-hydrogen) atoms. The maximum Gasteiger partial charge on any atom is 0.293 e. The number of hydrogen-bond acceptors (Lipinski definition) is 8. The normalized spacial score (nSPS) is 14.2. The van der Waals surface area contributed by atoms with E-state index in [0.29, 0.717) is 22.5 Å². The van der Waals surface area contributed by atoms with E-state index in [1.165, 1.54) is 25.3 Å². The van der Waals surface area contributed by atoms with Crippen molar-refractivity contribution in [3.63, 3.8) is 0 Å². The van der Waals surface area contributed by atoms with E-state index in [1.54, 1.807) is 24.3 Å². The zero-order valence-corrected chi connectivity index (χ0v) is 21.2. The van der Waals surface area contributed by atoms with Gasteiger partial charge < -0.3 is 14.2 Å². The van der Waals surface area contributed by atoms with Gasteiger partial charge in [-0.2, -0.15) is 0 Å². The maximum atomic E-state index is 12.9. The number of rotatable bonds is 10. The number of nitrogens with zero attached hydrogens (tertiary/aromatic N) is 2. The predicted molar refractivity (Wildman–Crippen MR) is 140 cm³/mol. The molecule has 0 saturated carbocycles. The van der Waals surface area contributed by atoms with Crippen LogP contribution in [0.1, 0.15) is 11.1 Å². The number of benzene rings is 3. The fourth-order valence-electron chi connectivity index (χ4n) is 3.49. The molecule has 1 heterocycles. The standard InChI is InChI=1S/C26H21ClN2O7S/c1-34-22-13-18(20(29(32)33)15-23(22)36-16-17-7-3-2-4-8-17)14-24-25(30)28(26(31)37-24)11-12-35-21-10-6-5-9-19(21)27/h2-10,13-15H,11-12,16H2,1H3/b24-14-. The summed E-state index contributed by atoms with van der Waals surface area (Å²) in [5.74, 6) is 0.291. The Balaban J connectivity index is 1.52. The van der Waals surface area contributed by atoms with Gasteiger partial charge in [-0.15, -0.1) is 0 Å². The molecule has 0 radical (unpaired) electrons. The fraction of sp³-hybridized carbons (Fsp3) is 0.154. The van der Waals surface area contributed by atoms with Crippen LogP contribution in [0.3, 0.4) is 0 Å². The van der Waals surface area contributed by atoms with Crippen molar-refractivity contribution in [3.8, 4) is 17.2 Å². The molecule has 1 saturated heterocycles. The van der Waals surface area contributed by atoms with Gasteiger partial charge in [0.15, 0.2) is 11.5 Å². The smallest absolute Gasteiger partial charge is 0.293 e. The van der Waals surface area contributed by atoms with E-state index >= 15 is 0 Å². The number of methoxy groups -OCH3 is 1. The van der Waals surface area contributed by atoms with Gasteiger partial charge in [0, 0.05) is 0 Å². The Labute approximate surface area is 221 Å². The molecule has 2 amide bonds. The number of carbonyl (C=O) groups excluding carboxylic acids is 2. The number of halogens is 1. The van der Waals surface area contributed by atoms with Crippen molar-refractivity contribution in [2.75, 3.05) is 20.3 Å². The third kappa shape index (κ3) is 6.22. The summed E-state index contributed by atoms with van der Waals surface area (Å²) in [7, 11) is 1.41. The second kappa shape index (κ2) is 11.8. The number of imide groups is 1. The first-order chi connectivity index (χ1) is 17.9. The summed E-state index contributed by atoms with van der Waals surface area (Å²) < 4.78 is 16.7. The lowest BCUT2D eigenvalue weighted by Crippen LogP contribution is -2.32. The van der Waals surface area contributed by atoms with Crippen LogP contribution in [-0.2, 0) is 11.4 Å². The topological polar surface area (TPSA) is 108 Å². The first-order valence-electron chi connectivity index (χ1n) is 11.0. The monoisotopic (exact) mass is 540 g/mol. The van der Waals surface area contributed by atoms with Gasteiger partial charge in [-0.05, 0) is 41.6 Å². The van der Waals surface area contributed by atoms with Crippen molar-refractivity contribution in [1.82, 2.24) is 4.90 Å². The lowest BCUT2D eigenvalue weighted by molar-refractivity contribution is -0.385. The number of carbonyl (C=O) groups is 2. The molecule has 0 N–H and O–H groups in total. The van der Waals surface area contributed by atoms with Crippen LogP contribution in [0.4, 0.5) is 10.5 Å². The molecule has 1 fully saturated rings. The van der Waals surface area contributed by atoms with Crippen LogP contribution in [0, 0.1) is 10.1 Å². The summed E-state index contributed by atoms with van der Waals surface area (Å²) in [6, 6.07) is 18.8. The summed E-state index contributed by atoms with van der Waals surface area (Å²) in [5.41, 5.74) is 0.688. The Morgan fingerprint density at radius 1 is 1.00 bits per heavy atom. The van der Waals surface area contributed by atoms with Gasteiger partial charge >= 0.3 is 0 Å². The van der Waals surface area contributed by atoms with Crippen LogP contribution in [0.2, 0.25) is 5.02 Å². The number of para-hydroxylation sites is 1. The second-order valence-electron chi connectivity index (χ2n) is 7.71. The molecule has 1 aliphatic heterocycles. The Morgan fingerprint density at radius 3 is 2.43 bits per heavy atom. The third-order valence-corrected chi connectivity index (χ3v) is 6.54. The minimum Gasteiger partial charge on any atom is -0.493 e. The molecular formula is C26H21ClN2O7S. The fourth-order valence-corrected chi connectivity index (χ4v) is 4.54. The van der Waals surface area contributed by atoms with Gasteiger partial charge in [0.1, 0.15) is 19.0 Å². The quantitative estimate of drug-likeness (QED) is 0.176. The van der Waals surface area contributed by atoms with Crippen molar-refractivity contribution in [1.29, 1.82) is 0 Å². The Bertz CT molecular complexity index is 1360. The molecular weight excluding hydrogens is 520 g/mol. The summed E-state index contributed by atoms with van der Waals surface area (Å²) in [6.45, 7) is 0.213. The molecule has 1 aliphatic rings. The molecule has 4 rings (SSSR count). The molecule has 0 bridgehead atoms. The minimum absolute atomic E-state index is 0.00902. The average Bonchev–Trinajstić information content (AvgIpc) is 3.16. The molecule has 0 aromatic heterocycles. The number of hydrogen-bond donors (Lipinski definition) is 0. The van der Waals surface area contributed by atoms with Gasteiger partial charge in [-0.3, -0.25) is 24.6 Å². The third-order valence-electron chi connectivity index (χ3n) is 5.32. The molecule has 11 heteroatoms. The first-order valence-corrected chi connectivity index (χ1v) is 12.2. The van der Waals surface area contributed by atoms with E-state index in [0.717, 1.165) is 10.5 Å². The highest BCUT2D eigenvalue weighted by molar-refractivity contribution is 8.18.